The van der Waals surface area contributed by atoms with E-state index >= 15 is 0 Å². The van der Waals surface area contributed by atoms with E-state index in [4.69, 9.17) is 18.9 Å². The summed E-state index contributed by atoms with van der Waals surface area (Å²) in [4.78, 5) is 11.7. The van der Waals surface area contributed by atoms with E-state index in [9.17, 15) is 9.90 Å². The second-order valence-electron chi connectivity index (χ2n) is 6.96. The van der Waals surface area contributed by atoms with E-state index < -0.39 is 5.97 Å². The molecule has 31 heavy (non-hydrogen) atoms. The van der Waals surface area contributed by atoms with E-state index in [2.05, 4.69) is 0 Å². The molecule has 0 heterocycles. The first-order valence-electron chi connectivity index (χ1n) is 9.76. The zero-order valence-corrected chi connectivity index (χ0v) is 18.3. The normalized spacial score (nSPS) is 12.3. The number of rotatable bonds is 8. The van der Waals surface area contributed by atoms with Crippen LogP contribution < -0.4 is 14.2 Å². The Labute approximate surface area is 181 Å². The van der Waals surface area contributed by atoms with E-state index in [-0.39, 0.29) is 6.79 Å². The van der Waals surface area contributed by atoms with E-state index in [1.807, 2.05) is 56.3 Å². The second kappa shape index (κ2) is 9.53. The Kier molecular flexibility index (Phi) is 6.82. The maximum absolute atomic E-state index is 11.7. The molecule has 0 saturated heterocycles. The Bertz CT molecular complexity index is 1190. The zero-order chi connectivity index (χ0) is 22.5. The summed E-state index contributed by atoms with van der Waals surface area (Å²) in [6, 6.07) is 11.5. The minimum Gasteiger partial charge on any atom is -0.496 e. The highest BCUT2D eigenvalue weighted by atomic mass is 16.7. The summed E-state index contributed by atoms with van der Waals surface area (Å²) in [7, 11) is 4.76. The van der Waals surface area contributed by atoms with Crippen molar-refractivity contribution in [3.63, 3.8) is 0 Å². The molecule has 0 atom stereocenters. The molecular weight excluding hydrogens is 396 g/mol. The van der Waals surface area contributed by atoms with Crippen LogP contribution >= 0.6 is 0 Å². The van der Waals surface area contributed by atoms with Gasteiger partial charge < -0.3 is 24.1 Å². The summed E-state index contributed by atoms with van der Waals surface area (Å²) < 4.78 is 22.2. The lowest BCUT2D eigenvalue weighted by Crippen LogP contribution is -2.02. The van der Waals surface area contributed by atoms with Crippen LogP contribution in [0.1, 0.15) is 19.4 Å². The molecule has 162 valence electrons. The van der Waals surface area contributed by atoms with E-state index in [1.165, 1.54) is 6.08 Å². The molecule has 0 saturated carbocycles. The third-order valence-electron chi connectivity index (χ3n) is 5.15. The molecule has 3 aromatic carbocycles. The van der Waals surface area contributed by atoms with Gasteiger partial charge in [-0.05, 0) is 65.6 Å². The highest BCUT2D eigenvalue weighted by Crippen LogP contribution is 2.45. The second-order valence-corrected chi connectivity index (χ2v) is 6.96. The Morgan fingerprint density at radius 2 is 1.81 bits per heavy atom. The highest BCUT2D eigenvalue weighted by Gasteiger charge is 2.20. The van der Waals surface area contributed by atoms with Gasteiger partial charge in [-0.15, -0.1) is 0 Å². The fourth-order valence-electron chi connectivity index (χ4n) is 3.69. The first-order chi connectivity index (χ1) is 14.9. The molecule has 3 aromatic rings. The van der Waals surface area contributed by atoms with Crippen LogP contribution in [0.4, 0.5) is 0 Å². The van der Waals surface area contributed by atoms with Gasteiger partial charge in [0.15, 0.2) is 6.79 Å². The van der Waals surface area contributed by atoms with Crippen molar-refractivity contribution in [2.24, 2.45) is 0 Å². The number of carboxylic acids is 1. The van der Waals surface area contributed by atoms with Crippen LogP contribution in [0.2, 0.25) is 0 Å². The summed E-state index contributed by atoms with van der Waals surface area (Å²) in [5, 5.41) is 12.9. The van der Waals surface area contributed by atoms with Gasteiger partial charge in [0.1, 0.15) is 17.2 Å². The standard InChI is InChI=1S/C25H26O6/c1-6-15(2)19(13-22(26)27)20-12-18(31-14-28-3)11-17-10-16-8-7-9-21(29-4)24(16)25(30-5)23(17)20/h6-13H,14H2,1-5H3,(H,26,27)/b15-6+,19-13-. The van der Waals surface area contributed by atoms with E-state index in [0.29, 0.717) is 28.4 Å². The molecule has 0 unspecified atom stereocenters. The minimum atomic E-state index is -1.04. The summed E-state index contributed by atoms with van der Waals surface area (Å²) in [6.45, 7) is 3.82. The Morgan fingerprint density at radius 3 is 2.42 bits per heavy atom. The molecule has 0 radical (unpaired) electrons. The SMILES string of the molecule is C/C=C(C)/C(=C/C(=O)O)c1cc(OCOC)cc2cc3cccc(OC)c3c(OC)c12. The number of ether oxygens (including phenoxy) is 4. The molecule has 0 fully saturated rings. The number of carboxylic acid groups (broad SMARTS) is 1. The fraction of sp³-hybridized carbons (Fsp3) is 0.240. The molecule has 0 aliphatic heterocycles. The van der Waals surface area contributed by atoms with Gasteiger partial charge in [-0.3, -0.25) is 0 Å². The van der Waals surface area contributed by atoms with Crippen molar-refractivity contribution in [2.75, 3.05) is 28.1 Å². The average Bonchev–Trinajstić information content (AvgIpc) is 2.77. The van der Waals surface area contributed by atoms with E-state index in [1.54, 1.807) is 21.3 Å². The monoisotopic (exact) mass is 422 g/mol. The van der Waals surface area contributed by atoms with Gasteiger partial charge in [0.25, 0.3) is 0 Å². The molecule has 0 amide bonds. The molecule has 0 aromatic heterocycles. The number of hydrogen-bond acceptors (Lipinski definition) is 5. The van der Waals surface area contributed by atoms with Gasteiger partial charge in [0, 0.05) is 18.6 Å². The number of benzene rings is 3. The highest BCUT2D eigenvalue weighted by molar-refractivity contribution is 6.13. The van der Waals surface area contributed by atoms with Crippen molar-refractivity contribution in [3.05, 3.63) is 59.7 Å². The zero-order valence-electron chi connectivity index (χ0n) is 18.3. The van der Waals surface area contributed by atoms with Crippen molar-refractivity contribution >= 4 is 33.1 Å². The van der Waals surface area contributed by atoms with Crippen LogP contribution in [-0.2, 0) is 9.53 Å². The van der Waals surface area contributed by atoms with E-state index in [0.717, 1.165) is 27.1 Å². The summed E-state index contributed by atoms with van der Waals surface area (Å²) in [6.07, 6.45) is 3.08. The Morgan fingerprint density at radius 1 is 1.03 bits per heavy atom. The third-order valence-corrected chi connectivity index (χ3v) is 5.15. The summed E-state index contributed by atoms with van der Waals surface area (Å²) in [5.74, 6) is 0.811. The van der Waals surface area contributed by atoms with Crippen LogP contribution in [0, 0.1) is 0 Å². The van der Waals surface area contributed by atoms with Gasteiger partial charge >= 0.3 is 5.97 Å². The predicted molar refractivity (Wildman–Crippen MR) is 122 cm³/mol. The van der Waals surface area contributed by atoms with Crippen LogP contribution in [-0.4, -0.2) is 39.2 Å². The van der Waals surface area contributed by atoms with Crippen molar-refractivity contribution in [2.45, 2.75) is 13.8 Å². The molecule has 0 bridgehead atoms. The fourth-order valence-corrected chi connectivity index (χ4v) is 3.69. The lowest BCUT2D eigenvalue weighted by molar-refractivity contribution is -0.131. The molecule has 1 N–H and O–H groups in total. The quantitative estimate of drug-likeness (QED) is 0.226. The van der Waals surface area contributed by atoms with Gasteiger partial charge in [-0.1, -0.05) is 18.2 Å². The van der Waals surface area contributed by atoms with Crippen molar-refractivity contribution in [1.29, 1.82) is 0 Å². The molecule has 0 aliphatic carbocycles. The van der Waals surface area contributed by atoms with Crippen molar-refractivity contribution in [3.8, 4) is 17.2 Å². The smallest absolute Gasteiger partial charge is 0.328 e. The lowest BCUT2D eigenvalue weighted by Gasteiger charge is -2.19. The number of hydrogen-bond donors (Lipinski definition) is 1. The summed E-state index contributed by atoms with van der Waals surface area (Å²) in [5.41, 5.74) is 2.07. The lowest BCUT2D eigenvalue weighted by atomic mass is 9.90. The number of carbonyl (C=O) groups is 1. The minimum absolute atomic E-state index is 0.0735. The molecule has 6 heteroatoms. The first-order valence-corrected chi connectivity index (χ1v) is 9.76. The van der Waals surface area contributed by atoms with Gasteiger partial charge in [-0.2, -0.15) is 0 Å². The predicted octanol–water partition coefficient (Wildman–Crippen LogP) is 5.43. The number of allylic oxidation sites excluding steroid dienone is 3. The van der Waals surface area contributed by atoms with Gasteiger partial charge in [0.2, 0.25) is 0 Å². The number of aliphatic carboxylic acids is 1. The molecule has 3 rings (SSSR count). The van der Waals surface area contributed by atoms with Crippen LogP contribution in [0.5, 0.6) is 17.2 Å². The average molecular weight is 422 g/mol. The van der Waals surface area contributed by atoms with Crippen LogP contribution in [0.15, 0.2) is 54.1 Å². The molecule has 0 aliphatic rings. The largest absolute Gasteiger partial charge is 0.496 e. The maximum Gasteiger partial charge on any atom is 0.328 e. The van der Waals surface area contributed by atoms with Crippen molar-refractivity contribution in [1.82, 2.24) is 0 Å². The van der Waals surface area contributed by atoms with Crippen LogP contribution in [0.25, 0.3) is 27.1 Å². The Hall–Kier alpha value is -3.51. The molecule has 6 nitrogen and oxygen atoms in total. The molecular formula is C25H26O6. The summed E-state index contributed by atoms with van der Waals surface area (Å²) >= 11 is 0. The van der Waals surface area contributed by atoms with Crippen LogP contribution in [0.3, 0.4) is 0 Å². The number of fused-ring (bicyclic) bond motifs is 2. The maximum atomic E-state index is 11.7. The first kappa shape index (κ1) is 22.2. The third kappa shape index (κ3) is 4.34. The van der Waals surface area contributed by atoms with Crippen molar-refractivity contribution < 1.29 is 28.8 Å². The van der Waals surface area contributed by atoms with Gasteiger partial charge in [-0.25, -0.2) is 4.79 Å². The topological polar surface area (TPSA) is 74.2 Å². The number of methoxy groups -OCH3 is 3. The Balaban J connectivity index is 2.53. The molecule has 0 spiro atoms. The van der Waals surface area contributed by atoms with Gasteiger partial charge in [0.05, 0.1) is 19.6 Å².